The molecule has 2 aromatic heterocycles. The Labute approximate surface area is 154 Å². The number of fused-ring (bicyclic) bond motifs is 1. The molecule has 2 heterocycles. The van der Waals surface area contributed by atoms with Crippen molar-refractivity contribution >= 4 is 39.8 Å². The molecular formula is C19H20N2O2S2. The van der Waals surface area contributed by atoms with Crippen molar-refractivity contribution in [2.75, 3.05) is 5.75 Å². The van der Waals surface area contributed by atoms with Gasteiger partial charge in [0.05, 0.1) is 21.5 Å². The predicted molar refractivity (Wildman–Crippen MR) is 105 cm³/mol. The second kappa shape index (κ2) is 7.97. The molecule has 0 radical (unpaired) electrons. The minimum Gasteiger partial charge on any atom is -0.292 e. The number of benzene rings is 1. The van der Waals surface area contributed by atoms with Gasteiger partial charge in [-0.05, 0) is 37.6 Å². The molecule has 0 bridgehead atoms. The third-order valence-corrected chi connectivity index (χ3v) is 5.93. The number of aromatic nitrogens is 2. The Morgan fingerprint density at radius 1 is 1.24 bits per heavy atom. The van der Waals surface area contributed by atoms with Crippen LogP contribution in [0.15, 0.2) is 46.3 Å². The summed E-state index contributed by atoms with van der Waals surface area (Å²) in [7, 11) is 0. The number of carbonyl (C=O) groups is 1. The number of hydrogen-bond donors (Lipinski definition) is 0. The number of para-hydroxylation sites is 1. The number of carbonyl (C=O) groups excluding carboxylic acids is 1. The van der Waals surface area contributed by atoms with Gasteiger partial charge in [0.15, 0.2) is 10.9 Å². The highest BCUT2D eigenvalue weighted by Gasteiger charge is 2.14. The molecule has 0 aliphatic rings. The molecule has 1 aromatic carbocycles. The van der Waals surface area contributed by atoms with Gasteiger partial charge >= 0.3 is 0 Å². The third-order valence-electron chi connectivity index (χ3n) is 3.91. The Balaban J connectivity index is 1.90. The lowest BCUT2D eigenvalue weighted by Crippen LogP contribution is -2.23. The van der Waals surface area contributed by atoms with Crippen molar-refractivity contribution < 1.29 is 4.79 Å². The zero-order valence-electron chi connectivity index (χ0n) is 14.3. The molecule has 0 atom stereocenters. The van der Waals surface area contributed by atoms with Crippen molar-refractivity contribution in [1.82, 2.24) is 9.55 Å². The van der Waals surface area contributed by atoms with E-state index in [0.29, 0.717) is 22.6 Å². The molecule has 4 nitrogen and oxygen atoms in total. The van der Waals surface area contributed by atoms with Crippen molar-refractivity contribution in [1.29, 1.82) is 0 Å². The molecule has 25 heavy (non-hydrogen) atoms. The van der Waals surface area contributed by atoms with E-state index >= 15 is 0 Å². The summed E-state index contributed by atoms with van der Waals surface area (Å²) in [5.41, 5.74) is 0.656. The van der Waals surface area contributed by atoms with Crippen molar-refractivity contribution in [3.05, 3.63) is 56.5 Å². The summed E-state index contributed by atoms with van der Waals surface area (Å²) in [6.45, 7) is 4.71. The van der Waals surface area contributed by atoms with E-state index < -0.39 is 0 Å². The zero-order valence-corrected chi connectivity index (χ0v) is 16.0. The average molecular weight is 373 g/mol. The summed E-state index contributed by atoms with van der Waals surface area (Å²) in [6.07, 6.45) is 1.91. The van der Waals surface area contributed by atoms with Gasteiger partial charge in [0, 0.05) is 11.4 Å². The summed E-state index contributed by atoms with van der Waals surface area (Å²) in [5, 5.41) is 1.25. The molecule has 6 heteroatoms. The molecule has 0 aliphatic heterocycles. The molecule has 3 rings (SSSR count). The first-order valence-corrected chi connectivity index (χ1v) is 10.1. The molecule has 3 aromatic rings. The zero-order chi connectivity index (χ0) is 17.8. The van der Waals surface area contributed by atoms with Gasteiger partial charge in [-0.15, -0.1) is 11.3 Å². The molecule has 0 unspecified atom stereocenters. The largest absolute Gasteiger partial charge is 0.292 e. The van der Waals surface area contributed by atoms with E-state index in [-0.39, 0.29) is 17.1 Å². The van der Waals surface area contributed by atoms with E-state index in [0.717, 1.165) is 22.6 Å². The molecule has 0 spiro atoms. The van der Waals surface area contributed by atoms with E-state index in [1.54, 1.807) is 10.6 Å². The van der Waals surface area contributed by atoms with Crippen LogP contribution in [0.3, 0.4) is 0 Å². The van der Waals surface area contributed by atoms with Crippen LogP contribution < -0.4 is 5.56 Å². The van der Waals surface area contributed by atoms with Crippen LogP contribution in [0.5, 0.6) is 0 Å². The maximum atomic E-state index is 12.8. The average Bonchev–Trinajstić information content (AvgIpc) is 3.05. The van der Waals surface area contributed by atoms with E-state index in [1.165, 1.54) is 23.1 Å². The van der Waals surface area contributed by atoms with E-state index in [9.17, 15) is 9.59 Å². The van der Waals surface area contributed by atoms with Crippen molar-refractivity contribution in [2.45, 2.75) is 38.4 Å². The molecule has 0 N–H and O–H groups in total. The first kappa shape index (κ1) is 17.9. The van der Waals surface area contributed by atoms with Crippen molar-refractivity contribution in [3.63, 3.8) is 0 Å². The van der Waals surface area contributed by atoms with Gasteiger partial charge in [0.25, 0.3) is 5.56 Å². The molecule has 0 saturated heterocycles. The van der Waals surface area contributed by atoms with Crippen LogP contribution in [0.25, 0.3) is 10.9 Å². The summed E-state index contributed by atoms with van der Waals surface area (Å²) in [5.74, 6) is 0.365. The summed E-state index contributed by atoms with van der Waals surface area (Å²) in [4.78, 5) is 31.7. The van der Waals surface area contributed by atoms with Gasteiger partial charge in [0.2, 0.25) is 0 Å². The van der Waals surface area contributed by atoms with Crippen LogP contribution in [-0.4, -0.2) is 21.1 Å². The standard InChI is InChI=1S/C19H20N2O2S2/c1-3-4-11-21-18(23)14-7-5-6-8-15(14)20-19(21)24-12-16(22)17-10-9-13(2)25-17/h5-10H,3-4,11-12H2,1-2H3. The Hall–Kier alpha value is -1.92. The van der Waals surface area contributed by atoms with Crippen molar-refractivity contribution in [3.8, 4) is 0 Å². The lowest BCUT2D eigenvalue weighted by atomic mass is 10.2. The number of hydrogen-bond acceptors (Lipinski definition) is 5. The predicted octanol–water partition coefficient (Wildman–Crippen LogP) is 4.54. The Kier molecular flexibility index (Phi) is 5.71. The lowest BCUT2D eigenvalue weighted by Gasteiger charge is -2.12. The highest BCUT2D eigenvalue weighted by atomic mass is 32.2. The fourth-order valence-electron chi connectivity index (χ4n) is 2.56. The third kappa shape index (κ3) is 4.02. The number of aryl methyl sites for hydroxylation is 1. The van der Waals surface area contributed by atoms with Gasteiger partial charge in [-0.25, -0.2) is 4.98 Å². The number of nitrogens with zero attached hydrogens (tertiary/aromatic N) is 2. The molecule has 0 saturated carbocycles. The smallest absolute Gasteiger partial charge is 0.262 e. The van der Waals surface area contributed by atoms with Crippen molar-refractivity contribution in [2.24, 2.45) is 0 Å². The normalized spacial score (nSPS) is 11.1. The van der Waals surface area contributed by atoms with Gasteiger partial charge in [-0.3, -0.25) is 14.2 Å². The van der Waals surface area contributed by atoms with Crippen LogP contribution in [-0.2, 0) is 6.54 Å². The van der Waals surface area contributed by atoms with Gasteiger partial charge in [-0.1, -0.05) is 37.2 Å². The minimum absolute atomic E-state index is 0.0269. The van der Waals surface area contributed by atoms with E-state index in [4.69, 9.17) is 0 Å². The van der Waals surface area contributed by atoms with Crippen LogP contribution in [0.4, 0.5) is 0 Å². The molecule has 130 valence electrons. The molecule has 0 amide bonds. The van der Waals surface area contributed by atoms with Crippen LogP contribution in [0, 0.1) is 6.92 Å². The maximum Gasteiger partial charge on any atom is 0.262 e. The van der Waals surface area contributed by atoms with Crippen LogP contribution in [0.1, 0.15) is 34.3 Å². The number of thiophene rings is 1. The lowest BCUT2D eigenvalue weighted by molar-refractivity contribution is 0.102. The SMILES string of the molecule is CCCCn1c(SCC(=O)c2ccc(C)s2)nc2ccccc2c1=O. The summed E-state index contributed by atoms with van der Waals surface area (Å²) in [6, 6.07) is 11.2. The number of ketones is 1. The Morgan fingerprint density at radius 3 is 2.76 bits per heavy atom. The first-order chi connectivity index (χ1) is 12.1. The number of unbranched alkanes of at least 4 members (excludes halogenated alkanes) is 1. The first-order valence-electron chi connectivity index (χ1n) is 8.32. The molecule has 0 aliphatic carbocycles. The monoisotopic (exact) mass is 372 g/mol. The van der Waals surface area contributed by atoms with Crippen LogP contribution >= 0.6 is 23.1 Å². The second-order valence-corrected chi connectivity index (χ2v) is 8.07. The minimum atomic E-state index is -0.0269. The van der Waals surface area contributed by atoms with Gasteiger partial charge in [-0.2, -0.15) is 0 Å². The molecule has 0 fully saturated rings. The van der Waals surface area contributed by atoms with E-state index in [2.05, 4.69) is 11.9 Å². The highest BCUT2D eigenvalue weighted by molar-refractivity contribution is 7.99. The second-order valence-electron chi connectivity index (χ2n) is 5.84. The Morgan fingerprint density at radius 2 is 2.04 bits per heavy atom. The van der Waals surface area contributed by atoms with Gasteiger partial charge < -0.3 is 0 Å². The summed E-state index contributed by atoms with van der Waals surface area (Å²) >= 11 is 2.85. The summed E-state index contributed by atoms with van der Waals surface area (Å²) < 4.78 is 1.71. The number of rotatable bonds is 7. The van der Waals surface area contributed by atoms with Crippen LogP contribution in [0.2, 0.25) is 0 Å². The van der Waals surface area contributed by atoms with E-state index in [1.807, 2.05) is 37.3 Å². The van der Waals surface area contributed by atoms with Gasteiger partial charge in [0.1, 0.15) is 0 Å². The Bertz CT molecular complexity index is 959. The fourth-order valence-corrected chi connectivity index (χ4v) is 4.36. The molecular weight excluding hydrogens is 352 g/mol. The topological polar surface area (TPSA) is 52.0 Å². The fraction of sp³-hybridized carbons (Fsp3) is 0.316. The number of Topliss-reactive ketones (excluding diaryl/α,β-unsaturated/α-hetero) is 1. The highest BCUT2D eigenvalue weighted by Crippen LogP contribution is 2.22. The maximum absolute atomic E-state index is 12.8. The quantitative estimate of drug-likeness (QED) is 0.347. The number of thioether (sulfide) groups is 1.